The normalized spacial score (nSPS) is 12.9. The van der Waals surface area contributed by atoms with Gasteiger partial charge in [-0.1, -0.05) is 6.07 Å². The smallest absolute Gasteiger partial charge is 0.0925 e. The highest BCUT2D eigenvalue weighted by atomic mass is 32.1. The number of aryl methyl sites for hydroxylation is 1. The molecular formula is C11H15N3S. The summed E-state index contributed by atoms with van der Waals surface area (Å²) in [6.07, 6.45) is 1.74. The van der Waals surface area contributed by atoms with E-state index in [-0.39, 0.29) is 0 Å². The standard InChI is InChI=1S/C11H15N3S/c1-8-10(14-7-13-8)6-12-9(2)11-4-3-5-15-11/h3-5,7,9,12H,6H2,1-2H3,(H,13,14)/t9-/m1/s1. The van der Waals surface area contributed by atoms with Gasteiger partial charge in [0.15, 0.2) is 0 Å². The summed E-state index contributed by atoms with van der Waals surface area (Å²) in [5.74, 6) is 0. The Hall–Kier alpha value is -1.13. The van der Waals surface area contributed by atoms with Gasteiger partial charge in [0.2, 0.25) is 0 Å². The van der Waals surface area contributed by atoms with Gasteiger partial charge in [0.25, 0.3) is 0 Å². The van der Waals surface area contributed by atoms with Gasteiger partial charge >= 0.3 is 0 Å². The number of hydrogen-bond acceptors (Lipinski definition) is 3. The van der Waals surface area contributed by atoms with Crippen LogP contribution in [0.1, 0.15) is 29.2 Å². The molecule has 0 fully saturated rings. The molecule has 2 aromatic rings. The van der Waals surface area contributed by atoms with Crippen molar-refractivity contribution < 1.29 is 0 Å². The first-order valence-corrected chi connectivity index (χ1v) is 5.91. The number of H-pyrrole nitrogens is 1. The van der Waals surface area contributed by atoms with Crippen LogP contribution in [0.4, 0.5) is 0 Å². The monoisotopic (exact) mass is 221 g/mol. The molecule has 0 aliphatic heterocycles. The Bertz CT molecular complexity index is 405. The molecule has 80 valence electrons. The minimum absolute atomic E-state index is 0.390. The van der Waals surface area contributed by atoms with E-state index in [1.165, 1.54) is 4.88 Å². The molecule has 0 amide bonds. The van der Waals surface area contributed by atoms with Gasteiger partial charge in [-0.05, 0) is 25.3 Å². The van der Waals surface area contributed by atoms with Gasteiger partial charge in [0, 0.05) is 23.2 Å². The molecule has 1 atom stereocenters. The molecule has 0 saturated heterocycles. The molecule has 2 rings (SSSR count). The average Bonchev–Trinajstić information content (AvgIpc) is 2.85. The number of hydrogen-bond donors (Lipinski definition) is 2. The Balaban J connectivity index is 1.91. The lowest BCUT2D eigenvalue weighted by Gasteiger charge is -2.10. The maximum Gasteiger partial charge on any atom is 0.0925 e. The van der Waals surface area contributed by atoms with Crippen LogP contribution in [0, 0.1) is 6.92 Å². The van der Waals surface area contributed by atoms with Crippen molar-refractivity contribution in [1.82, 2.24) is 15.3 Å². The first-order chi connectivity index (χ1) is 7.27. The van der Waals surface area contributed by atoms with Crippen LogP contribution in [0.3, 0.4) is 0 Å². The minimum atomic E-state index is 0.390. The Morgan fingerprint density at radius 3 is 3.07 bits per heavy atom. The van der Waals surface area contributed by atoms with Crippen molar-refractivity contribution in [2.24, 2.45) is 0 Å². The highest BCUT2D eigenvalue weighted by molar-refractivity contribution is 7.10. The summed E-state index contributed by atoms with van der Waals surface area (Å²) in [7, 11) is 0. The molecule has 2 aromatic heterocycles. The predicted octanol–water partition coefficient (Wildman–Crippen LogP) is 2.63. The average molecular weight is 221 g/mol. The molecule has 15 heavy (non-hydrogen) atoms. The molecular weight excluding hydrogens is 206 g/mol. The number of nitrogens with one attached hydrogen (secondary N) is 2. The number of nitrogens with zero attached hydrogens (tertiary/aromatic N) is 1. The molecule has 0 aliphatic carbocycles. The van der Waals surface area contributed by atoms with Gasteiger partial charge < -0.3 is 10.3 Å². The van der Waals surface area contributed by atoms with Crippen LogP contribution in [0.5, 0.6) is 0 Å². The minimum Gasteiger partial charge on any atom is -0.348 e. The third-order valence-corrected chi connectivity index (χ3v) is 3.53. The van der Waals surface area contributed by atoms with E-state index < -0.39 is 0 Å². The molecule has 0 spiro atoms. The maximum absolute atomic E-state index is 4.25. The predicted molar refractivity (Wildman–Crippen MR) is 62.9 cm³/mol. The number of aromatic nitrogens is 2. The summed E-state index contributed by atoms with van der Waals surface area (Å²) < 4.78 is 0. The number of imidazole rings is 1. The van der Waals surface area contributed by atoms with Crippen LogP contribution in [-0.2, 0) is 6.54 Å². The van der Waals surface area contributed by atoms with Crippen molar-refractivity contribution in [2.75, 3.05) is 0 Å². The topological polar surface area (TPSA) is 40.7 Å². The van der Waals surface area contributed by atoms with Crippen molar-refractivity contribution in [2.45, 2.75) is 26.4 Å². The fourth-order valence-corrected chi connectivity index (χ4v) is 2.21. The van der Waals surface area contributed by atoms with E-state index in [0.717, 1.165) is 17.9 Å². The van der Waals surface area contributed by atoms with Crippen molar-refractivity contribution in [3.8, 4) is 0 Å². The van der Waals surface area contributed by atoms with Crippen LogP contribution in [0.2, 0.25) is 0 Å². The molecule has 0 unspecified atom stereocenters. The summed E-state index contributed by atoms with van der Waals surface area (Å²) in [5, 5.41) is 5.56. The van der Waals surface area contributed by atoms with Crippen molar-refractivity contribution in [1.29, 1.82) is 0 Å². The molecule has 3 nitrogen and oxygen atoms in total. The van der Waals surface area contributed by atoms with Crippen LogP contribution in [0.15, 0.2) is 23.8 Å². The van der Waals surface area contributed by atoms with E-state index in [1.54, 1.807) is 17.7 Å². The van der Waals surface area contributed by atoms with Crippen LogP contribution in [-0.4, -0.2) is 9.97 Å². The van der Waals surface area contributed by atoms with E-state index >= 15 is 0 Å². The van der Waals surface area contributed by atoms with Crippen LogP contribution < -0.4 is 5.32 Å². The summed E-state index contributed by atoms with van der Waals surface area (Å²) >= 11 is 1.78. The maximum atomic E-state index is 4.25. The van der Waals surface area contributed by atoms with Crippen molar-refractivity contribution >= 4 is 11.3 Å². The van der Waals surface area contributed by atoms with Crippen LogP contribution >= 0.6 is 11.3 Å². The molecule has 2 N–H and O–H groups in total. The van der Waals surface area contributed by atoms with E-state index in [1.807, 2.05) is 6.92 Å². The third kappa shape index (κ3) is 2.46. The van der Waals surface area contributed by atoms with Gasteiger partial charge in [0.1, 0.15) is 0 Å². The van der Waals surface area contributed by atoms with Crippen molar-refractivity contribution in [3.63, 3.8) is 0 Å². The van der Waals surface area contributed by atoms with E-state index in [9.17, 15) is 0 Å². The zero-order valence-corrected chi connectivity index (χ0v) is 9.77. The quantitative estimate of drug-likeness (QED) is 0.833. The summed E-state index contributed by atoms with van der Waals surface area (Å²) in [5.41, 5.74) is 2.24. The zero-order chi connectivity index (χ0) is 10.7. The lowest BCUT2D eigenvalue weighted by atomic mass is 10.2. The second-order valence-corrected chi connectivity index (χ2v) is 4.57. The van der Waals surface area contributed by atoms with Gasteiger partial charge in [-0.25, -0.2) is 4.98 Å². The van der Waals surface area contributed by atoms with Gasteiger partial charge in [-0.2, -0.15) is 0 Å². The number of aromatic amines is 1. The fourth-order valence-electron chi connectivity index (χ4n) is 1.45. The summed E-state index contributed by atoms with van der Waals surface area (Å²) in [6.45, 7) is 5.03. The number of rotatable bonds is 4. The lowest BCUT2D eigenvalue weighted by Crippen LogP contribution is -2.17. The fraction of sp³-hybridized carbons (Fsp3) is 0.364. The van der Waals surface area contributed by atoms with Crippen LogP contribution in [0.25, 0.3) is 0 Å². The molecule has 4 heteroatoms. The Labute approximate surface area is 93.6 Å². The summed E-state index contributed by atoms with van der Waals surface area (Å²) in [4.78, 5) is 8.70. The lowest BCUT2D eigenvalue weighted by molar-refractivity contribution is 0.575. The molecule has 0 aromatic carbocycles. The first kappa shape index (κ1) is 10.4. The second kappa shape index (κ2) is 4.59. The van der Waals surface area contributed by atoms with Crippen molar-refractivity contribution in [3.05, 3.63) is 40.1 Å². The molecule has 2 heterocycles. The van der Waals surface area contributed by atoms with Gasteiger partial charge in [-0.15, -0.1) is 11.3 Å². The zero-order valence-electron chi connectivity index (χ0n) is 8.95. The van der Waals surface area contributed by atoms with E-state index in [2.05, 4.69) is 39.7 Å². The van der Waals surface area contributed by atoms with Gasteiger partial charge in [0.05, 0.1) is 12.0 Å². The molecule has 0 radical (unpaired) electrons. The summed E-state index contributed by atoms with van der Waals surface area (Å²) in [6, 6.07) is 4.62. The largest absolute Gasteiger partial charge is 0.348 e. The SMILES string of the molecule is Cc1[nH]cnc1CN[C@H](C)c1cccs1. The highest BCUT2D eigenvalue weighted by Crippen LogP contribution is 2.18. The molecule has 0 bridgehead atoms. The first-order valence-electron chi connectivity index (χ1n) is 5.03. The molecule has 0 aliphatic rings. The Morgan fingerprint density at radius 2 is 2.47 bits per heavy atom. The second-order valence-electron chi connectivity index (χ2n) is 3.59. The Kier molecular flexibility index (Phi) is 3.18. The number of thiophene rings is 1. The molecule has 0 saturated carbocycles. The van der Waals surface area contributed by atoms with Gasteiger partial charge in [-0.3, -0.25) is 0 Å². The third-order valence-electron chi connectivity index (χ3n) is 2.48. The van der Waals surface area contributed by atoms with E-state index in [4.69, 9.17) is 0 Å². The highest BCUT2D eigenvalue weighted by Gasteiger charge is 2.07. The van der Waals surface area contributed by atoms with E-state index in [0.29, 0.717) is 6.04 Å². The Morgan fingerprint density at radius 1 is 1.60 bits per heavy atom.